The van der Waals surface area contributed by atoms with Crippen molar-refractivity contribution in [3.05, 3.63) is 88.9 Å². The number of methoxy groups -OCH3 is 2. The van der Waals surface area contributed by atoms with Crippen molar-refractivity contribution in [3.63, 3.8) is 0 Å². The molecule has 42 heavy (non-hydrogen) atoms. The summed E-state index contributed by atoms with van der Waals surface area (Å²) in [7, 11) is -1.11. The fourth-order valence-electron chi connectivity index (χ4n) is 4.37. The maximum absolute atomic E-state index is 14.2. The van der Waals surface area contributed by atoms with Crippen molar-refractivity contribution >= 4 is 39.1 Å². The van der Waals surface area contributed by atoms with E-state index in [0.29, 0.717) is 17.2 Å². The van der Waals surface area contributed by atoms with Crippen molar-refractivity contribution in [1.82, 2.24) is 10.2 Å². The number of sulfonamides is 1. The van der Waals surface area contributed by atoms with Crippen molar-refractivity contribution in [2.24, 2.45) is 0 Å². The van der Waals surface area contributed by atoms with Crippen molar-refractivity contribution in [3.8, 4) is 11.5 Å². The van der Waals surface area contributed by atoms with Gasteiger partial charge in [0.25, 0.3) is 0 Å². The third-order valence-electron chi connectivity index (χ3n) is 6.87. The molecule has 0 unspecified atom stereocenters. The molecule has 226 valence electrons. The smallest absolute Gasteiger partial charge is 0.244 e. The maximum Gasteiger partial charge on any atom is 0.244 e. The highest BCUT2D eigenvalue weighted by Gasteiger charge is 2.34. The lowest BCUT2D eigenvalue weighted by atomic mass is 10.0. The summed E-state index contributed by atoms with van der Waals surface area (Å²) in [5.74, 6) is -0.269. The van der Waals surface area contributed by atoms with Crippen molar-refractivity contribution in [1.29, 1.82) is 0 Å². The SMILES string of the molecule is CC[C@@H](C)NC(=O)[C@@H](Cc1ccccc1)N(Cc1ccc(Cl)cc1)C(=O)CN(c1cc(OC)ccc1OC)S(C)(=O)=O. The second kappa shape index (κ2) is 14.9. The highest BCUT2D eigenvalue weighted by atomic mass is 35.5. The maximum atomic E-state index is 14.2. The van der Waals surface area contributed by atoms with Crippen LogP contribution in [-0.2, 0) is 32.6 Å². The van der Waals surface area contributed by atoms with E-state index in [4.69, 9.17) is 21.1 Å². The third-order valence-corrected chi connectivity index (χ3v) is 8.25. The largest absolute Gasteiger partial charge is 0.497 e. The van der Waals surface area contributed by atoms with Gasteiger partial charge in [-0.3, -0.25) is 13.9 Å². The predicted octanol–water partition coefficient (Wildman–Crippen LogP) is 4.68. The molecule has 11 heteroatoms. The Kier molecular flexibility index (Phi) is 11.6. The number of halogens is 1. The molecule has 0 fully saturated rings. The van der Waals surface area contributed by atoms with Gasteiger partial charge in [0.05, 0.1) is 26.2 Å². The van der Waals surface area contributed by atoms with Crippen LogP contribution >= 0.6 is 11.6 Å². The molecular formula is C31H38ClN3O6S. The Morgan fingerprint density at radius 1 is 0.952 bits per heavy atom. The average Bonchev–Trinajstić information content (AvgIpc) is 2.97. The van der Waals surface area contributed by atoms with Crippen molar-refractivity contribution in [2.75, 3.05) is 31.3 Å². The van der Waals surface area contributed by atoms with Gasteiger partial charge in [-0.2, -0.15) is 0 Å². The van der Waals surface area contributed by atoms with Gasteiger partial charge in [-0.05, 0) is 48.7 Å². The molecule has 0 aromatic heterocycles. The molecule has 3 aromatic carbocycles. The first-order valence-electron chi connectivity index (χ1n) is 13.5. The number of amides is 2. The van der Waals surface area contributed by atoms with Gasteiger partial charge in [0.15, 0.2) is 0 Å². The lowest BCUT2D eigenvalue weighted by Crippen LogP contribution is -2.54. The molecule has 0 saturated heterocycles. The summed E-state index contributed by atoms with van der Waals surface area (Å²) in [6.45, 7) is 3.33. The highest BCUT2D eigenvalue weighted by Crippen LogP contribution is 2.34. The van der Waals surface area contributed by atoms with Gasteiger partial charge in [0.1, 0.15) is 24.1 Å². The zero-order chi connectivity index (χ0) is 30.9. The first-order chi connectivity index (χ1) is 20.0. The monoisotopic (exact) mass is 615 g/mol. The second-order valence-corrected chi connectivity index (χ2v) is 12.3. The van der Waals surface area contributed by atoms with E-state index in [1.54, 1.807) is 36.4 Å². The molecule has 2 amide bonds. The summed E-state index contributed by atoms with van der Waals surface area (Å²) in [4.78, 5) is 29.4. The Morgan fingerprint density at radius 2 is 1.62 bits per heavy atom. The van der Waals surface area contributed by atoms with Gasteiger partial charge in [0, 0.05) is 30.1 Å². The number of benzene rings is 3. The zero-order valence-electron chi connectivity index (χ0n) is 24.5. The fraction of sp³-hybridized carbons (Fsp3) is 0.355. The summed E-state index contributed by atoms with van der Waals surface area (Å²) in [6, 6.07) is 20.0. The molecule has 0 aliphatic rings. The van der Waals surface area contributed by atoms with Gasteiger partial charge < -0.3 is 19.7 Å². The van der Waals surface area contributed by atoms with E-state index in [1.165, 1.54) is 25.2 Å². The summed E-state index contributed by atoms with van der Waals surface area (Å²) in [5, 5.41) is 3.53. The van der Waals surface area contributed by atoms with E-state index >= 15 is 0 Å². The molecule has 2 atom stereocenters. The van der Waals surface area contributed by atoms with Crippen LogP contribution in [0, 0.1) is 0 Å². The Balaban J connectivity index is 2.11. The number of hydrogen-bond donors (Lipinski definition) is 1. The number of ether oxygens (including phenoxy) is 2. The number of rotatable bonds is 14. The summed E-state index contributed by atoms with van der Waals surface area (Å²) >= 11 is 6.10. The molecule has 9 nitrogen and oxygen atoms in total. The van der Waals surface area contributed by atoms with Crippen LogP contribution in [0.5, 0.6) is 11.5 Å². The van der Waals surface area contributed by atoms with E-state index in [0.717, 1.165) is 21.7 Å². The van der Waals surface area contributed by atoms with Crippen LogP contribution < -0.4 is 19.1 Å². The summed E-state index contributed by atoms with van der Waals surface area (Å²) < 4.78 is 37.9. The Labute approximate surface area is 253 Å². The fourth-order valence-corrected chi connectivity index (χ4v) is 5.34. The van der Waals surface area contributed by atoms with Crippen LogP contribution in [0.2, 0.25) is 5.02 Å². The van der Waals surface area contributed by atoms with Crippen LogP contribution in [0.4, 0.5) is 5.69 Å². The molecule has 3 rings (SSSR count). The van der Waals surface area contributed by atoms with Crippen molar-refractivity contribution < 1.29 is 27.5 Å². The minimum Gasteiger partial charge on any atom is -0.497 e. The summed E-state index contributed by atoms with van der Waals surface area (Å²) in [6.07, 6.45) is 1.94. The van der Waals surface area contributed by atoms with Gasteiger partial charge >= 0.3 is 0 Å². The molecule has 3 aromatic rings. The third kappa shape index (κ3) is 8.87. The molecule has 0 bridgehead atoms. The van der Waals surface area contributed by atoms with Crippen LogP contribution in [0.3, 0.4) is 0 Å². The lowest BCUT2D eigenvalue weighted by Gasteiger charge is -2.34. The summed E-state index contributed by atoms with van der Waals surface area (Å²) in [5.41, 5.74) is 1.72. The first kappa shape index (κ1) is 32.8. The predicted molar refractivity (Wildman–Crippen MR) is 166 cm³/mol. The molecular weight excluding hydrogens is 578 g/mol. The Bertz CT molecular complexity index is 1450. The van der Waals surface area contributed by atoms with Gasteiger partial charge in [0.2, 0.25) is 21.8 Å². The zero-order valence-corrected chi connectivity index (χ0v) is 26.1. The average molecular weight is 616 g/mol. The normalized spacial score (nSPS) is 12.6. The Morgan fingerprint density at radius 3 is 2.19 bits per heavy atom. The molecule has 0 aliphatic heterocycles. The van der Waals surface area contributed by atoms with Gasteiger partial charge in [-0.15, -0.1) is 0 Å². The number of nitrogens with zero attached hydrogens (tertiary/aromatic N) is 2. The molecule has 0 aliphatic carbocycles. The minimum absolute atomic E-state index is 0.0499. The van der Waals surface area contributed by atoms with E-state index < -0.39 is 28.5 Å². The number of carbonyl (C=O) groups is 2. The van der Waals surface area contributed by atoms with E-state index in [1.807, 2.05) is 44.2 Å². The number of anilines is 1. The van der Waals surface area contributed by atoms with Crippen LogP contribution in [-0.4, -0.2) is 64.2 Å². The quantitative estimate of drug-likeness (QED) is 0.282. The standard InChI is InChI=1S/C31H38ClN3O6S/c1-6-22(2)33-31(37)28(18-23-10-8-7-9-11-23)34(20-24-12-14-25(32)15-13-24)30(36)21-35(42(5,38)39)27-19-26(40-3)16-17-29(27)41-4/h7-17,19,22,28H,6,18,20-21H2,1-5H3,(H,33,37)/t22-,28-/m1/s1. The molecule has 1 N–H and O–H groups in total. The van der Waals surface area contributed by atoms with E-state index in [9.17, 15) is 18.0 Å². The highest BCUT2D eigenvalue weighted by molar-refractivity contribution is 7.92. The van der Waals surface area contributed by atoms with Gasteiger partial charge in [-0.25, -0.2) is 8.42 Å². The molecule has 0 radical (unpaired) electrons. The molecule has 0 saturated carbocycles. The first-order valence-corrected chi connectivity index (χ1v) is 15.8. The van der Waals surface area contributed by atoms with Crippen LogP contribution in [0.1, 0.15) is 31.4 Å². The van der Waals surface area contributed by atoms with Crippen LogP contribution in [0.15, 0.2) is 72.8 Å². The minimum atomic E-state index is -3.98. The van der Waals surface area contributed by atoms with Gasteiger partial charge in [-0.1, -0.05) is 61.0 Å². The van der Waals surface area contributed by atoms with E-state index in [-0.39, 0.29) is 36.4 Å². The van der Waals surface area contributed by atoms with Crippen LogP contribution in [0.25, 0.3) is 0 Å². The molecule has 0 heterocycles. The number of carbonyl (C=O) groups excluding carboxylic acids is 2. The Hall–Kier alpha value is -3.76. The number of nitrogens with one attached hydrogen (secondary N) is 1. The number of hydrogen-bond acceptors (Lipinski definition) is 6. The van der Waals surface area contributed by atoms with Crippen molar-refractivity contribution in [2.45, 2.75) is 45.3 Å². The second-order valence-electron chi connectivity index (χ2n) is 9.98. The molecule has 0 spiro atoms. The van der Waals surface area contributed by atoms with E-state index in [2.05, 4.69) is 5.32 Å². The topological polar surface area (TPSA) is 105 Å². The lowest BCUT2D eigenvalue weighted by molar-refractivity contribution is -0.140.